The number of rotatable bonds is 7. The molecular weight excluding hydrogens is 280 g/mol. The van der Waals surface area contributed by atoms with Crippen LogP contribution in [0.4, 0.5) is 0 Å². The van der Waals surface area contributed by atoms with Crippen LogP contribution in [0.2, 0.25) is 0 Å². The lowest BCUT2D eigenvalue weighted by Gasteiger charge is -2.30. The number of methoxy groups -OCH3 is 1. The first kappa shape index (κ1) is 19.0. The van der Waals surface area contributed by atoms with Crippen LogP contribution in [0.25, 0.3) is 0 Å². The maximum atomic E-state index is 12.1. The summed E-state index contributed by atoms with van der Waals surface area (Å²) in [5.74, 6) is 1.13. The van der Waals surface area contributed by atoms with Crippen molar-refractivity contribution < 1.29 is 13.9 Å². The summed E-state index contributed by atoms with van der Waals surface area (Å²) in [4.78, 5) is 12.1. The molecule has 0 fully saturated rings. The van der Waals surface area contributed by atoms with Gasteiger partial charge in [0.2, 0.25) is 0 Å². The third kappa shape index (κ3) is 5.53. The fraction of sp³-hybridized carbons (Fsp3) is 0.643. The van der Waals surface area contributed by atoms with Crippen molar-refractivity contribution in [3.05, 3.63) is 23.7 Å². The Morgan fingerprint density at radius 1 is 1.50 bits per heavy atom. The minimum absolute atomic E-state index is 0. The number of amides is 1. The normalized spacial score (nSPS) is 13.7. The van der Waals surface area contributed by atoms with Crippen molar-refractivity contribution in [2.24, 2.45) is 11.7 Å². The highest BCUT2D eigenvalue weighted by Crippen LogP contribution is 2.17. The number of furan rings is 1. The van der Waals surface area contributed by atoms with Crippen LogP contribution < -0.4 is 11.1 Å². The second kappa shape index (κ2) is 8.29. The molecule has 0 aliphatic carbocycles. The molecule has 1 aromatic rings. The van der Waals surface area contributed by atoms with E-state index in [1.165, 1.54) is 0 Å². The van der Waals surface area contributed by atoms with Crippen molar-refractivity contribution in [3.63, 3.8) is 0 Å². The summed E-state index contributed by atoms with van der Waals surface area (Å²) in [6.45, 7) is 6.90. The number of carbonyl (C=O) groups is 1. The van der Waals surface area contributed by atoms with Crippen LogP contribution >= 0.6 is 12.4 Å². The molecule has 0 saturated heterocycles. The van der Waals surface area contributed by atoms with Gasteiger partial charge in [0, 0.05) is 13.7 Å². The molecule has 5 nitrogen and oxygen atoms in total. The molecule has 1 unspecified atom stereocenters. The third-order valence-electron chi connectivity index (χ3n) is 2.90. The van der Waals surface area contributed by atoms with E-state index in [9.17, 15) is 4.79 Å². The fourth-order valence-electron chi connectivity index (χ4n) is 2.14. The van der Waals surface area contributed by atoms with Crippen LogP contribution in [-0.4, -0.2) is 25.1 Å². The van der Waals surface area contributed by atoms with E-state index < -0.39 is 5.54 Å². The van der Waals surface area contributed by atoms with Gasteiger partial charge in [-0.1, -0.05) is 13.8 Å². The molecule has 1 heterocycles. The van der Waals surface area contributed by atoms with Gasteiger partial charge in [-0.05, 0) is 31.4 Å². The quantitative estimate of drug-likeness (QED) is 0.810. The van der Waals surface area contributed by atoms with Crippen LogP contribution in [0.15, 0.2) is 16.5 Å². The molecule has 1 atom stereocenters. The first-order valence-electron chi connectivity index (χ1n) is 6.50. The molecule has 6 heteroatoms. The van der Waals surface area contributed by atoms with E-state index in [4.69, 9.17) is 14.9 Å². The summed E-state index contributed by atoms with van der Waals surface area (Å²) in [6.07, 6.45) is 0.820. The van der Waals surface area contributed by atoms with Gasteiger partial charge in [-0.25, -0.2) is 0 Å². The van der Waals surface area contributed by atoms with Gasteiger partial charge in [0.15, 0.2) is 5.76 Å². The lowest BCUT2D eigenvalue weighted by molar-refractivity contribution is 0.0861. The molecule has 116 valence electrons. The average Bonchev–Trinajstić information content (AvgIpc) is 2.77. The van der Waals surface area contributed by atoms with Crippen molar-refractivity contribution in [2.45, 2.75) is 39.3 Å². The van der Waals surface area contributed by atoms with E-state index in [1.54, 1.807) is 19.2 Å². The standard InChI is InChI=1S/C14H24N2O3.ClH/c1-10(2)7-14(3,9-15)16-13(17)12-6-5-11(19-12)8-18-4;/h5-6,10H,7-9,15H2,1-4H3,(H,16,17);1H. The van der Waals surface area contributed by atoms with E-state index in [0.29, 0.717) is 24.8 Å². The maximum absolute atomic E-state index is 12.1. The highest BCUT2D eigenvalue weighted by molar-refractivity contribution is 5.92. The Morgan fingerprint density at radius 3 is 2.65 bits per heavy atom. The zero-order valence-electron chi connectivity index (χ0n) is 12.6. The summed E-state index contributed by atoms with van der Waals surface area (Å²) in [5.41, 5.74) is 5.35. The van der Waals surface area contributed by atoms with E-state index in [2.05, 4.69) is 19.2 Å². The van der Waals surface area contributed by atoms with Crippen LogP contribution in [0, 0.1) is 5.92 Å². The highest BCUT2D eigenvalue weighted by atomic mass is 35.5. The Labute approximate surface area is 126 Å². The van der Waals surface area contributed by atoms with Gasteiger partial charge in [0.25, 0.3) is 5.91 Å². The van der Waals surface area contributed by atoms with Gasteiger partial charge in [0.1, 0.15) is 12.4 Å². The van der Waals surface area contributed by atoms with E-state index in [-0.39, 0.29) is 24.1 Å². The first-order chi connectivity index (χ1) is 8.90. The van der Waals surface area contributed by atoms with Crippen LogP contribution in [0.1, 0.15) is 43.5 Å². The monoisotopic (exact) mass is 304 g/mol. The number of hydrogen-bond acceptors (Lipinski definition) is 4. The molecular formula is C14H25ClN2O3. The van der Waals surface area contributed by atoms with E-state index >= 15 is 0 Å². The second-order valence-electron chi connectivity index (χ2n) is 5.52. The smallest absolute Gasteiger partial charge is 0.287 e. The summed E-state index contributed by atoms with van der Waals surface area (Å²) < 4.78 is 10.4. The summed E-state index contributed by atoms with van der Waals surface area (Å²) in [5, 5.41) is 2.95. The lowest BCUT2D eigenvalue weighted by atomic mass is 9.90. The Kier molecular flexibility index (Phi) is 7.86. The average molecular weight is 305 g/mol. The summed E-state index contributed by atoms with van der Waals surface area (Å²) in [6, 6.07) is 3.39. The topological polar surface area (TPSA) is 77.5 Å². The largest absolute Gasteiger partial charge is 0.453 e. The molecule has 1 amide bonds. The van der Waals surface area contributed by atoms with Crippen molar-refractivity contribution >= 4 is 18.3 Å². The minimum atomic E-state index is -0.417. The molecule has 3 N–H and O–H groups in total. The molecule has 0 aliphatic heterocycles. The van der Waals surface area contributed by atoms with Crippen LogP contribution in [0.3, 0.4) is 0 Å². The lowest BCUT2D eigenvalue weighted by Crippen LogP contribution is -2.52. The SMILES string of the molecule is COCc1ccc(C(=O)NC(C)(CN)CC(C)C)o1.Cl. The minimum Gasteiger partial charge on any atom is -0.453 e. The maximum Gasteiger partial charge on any atom is 0.287 e. The second-order valence-corrected chi connectivity index (χ2v) is 5.52. The number of nitrogens with one attached hydrogen (secondary N) is 1. The van der Waals surface area contributed by atoms with Gasteiger partial charge in [-0.3, -0.25) is 4.79 Å². The van der Waals surface area contributed by atoms with Gasteiger partial charge in [0.05, 0.1) is 5.54 Å². The van der Waals surface area contributed by atoms with Gasteiger partial charge in [-0.15, -0.1) is 12.4 Å². The molecule has 0 saturated carbocycles. The predicted octanol–water partition coefficient (Wildman–Crippen LogP) is 2.34. The van der Waals surface area contributed by atoms with Crippen molar-refractivity contribution in [1.29, 1.82) is 0 Å². The van der Waals surface area contributed by atoms with Crippen molar-refractivity contribution in [1.82, 2.24) is 5.32 Å². The van der Waals surface area contributed by atoms with E-state index in [1.807, 2.05) is 6.92 Å². The zero-order chi connectivity index (χ0) is 14.5. The zero-order valence-corrected chi connectivity index (χ0v) is 13.4. The summed E-state index contributed by atoms with van der Waals surface area (Å²) in [7, 11) is 1.58. The number of hydrogen-bond donors (Lipinski definition) is 2. The van der Waals surface area contributed by atoms with Gasteiger partial charge in [-0.2, -0.15) is 0 Å². The summed E-state index contributed by atoms with van der Waals surface area (Å²) >= 11 is 0. The number of halogens is 1. The Bertz CT molecular complexity index is 420. The van der Waals surface area contributed by atoms with Gasteiger partial charge >= 0.3 is 0 Å². The molecule has 20 heavy (non-hydrogen) atoms. The Hall–Kier alpha value is -1.04. The highest BCUT2D eigenvalue weighted by Gasteiger charge is 2.27. The first-order valence-corrected chi connectivity index (χ1v) is 6.50. The molecule has 1 aromatic heterocycles. The number of ether oxygens (including phenoxy) is 1. The molecule has 0 aliphatic rings. The van der Waals surface area contributed by atoms with E-state index in [0.717, 1.165) is 6.42 Å². The molecule has 0 bridgehead atoms. The number of nitrogens with two attached hydrogens (primary N) is 1. The predicted molar refractivity (Wildman–Crippen MR) is 81.0 cm³/mol. The molecule has 0 spiro atoms. The van der Waals surface area contributed by atoms with Crippen LogP contribution in [0.5, 0.6) is 0 Å². The van der Waals surface area contributed by atoms with Crippen molar-refractivity contribution in [3.8, 4) is 0 Å². The Morgan fingerprint density at radius 2 is 2.15 bits per heavy atom. The van der Waals surface area contributed by atoms with Crippen LogP contribution in [-0.2, 0) is 11.3 Å². The third-order valence-corrected chi connectivity index (χ3v) is 2.90. The molecule has 1 rings (SSSR count). The molecule has 0 radical (unpaired) electrons. The van der Waals surface area contributed by atoms with Gasteiger partial charge < -0.3 is 20.2 Å². The Balaban J connectivity index is 0.00000361. The molecule has 0 aromatic carbocycles. The van der Waals surface area contributed by atoms with Crippen molar-refractivity contribution in [2.75, 3.05) is 13.7 Å². The number of carbonyl (C=O) groups excluding carboxylic acids is 1. The fourth-order valence-corrected chi connectivity index (χ4v) is 2.14.